The van der Waals surface area contributed by atoms with E-state index in [4.69, 9.17) is 9.72 Å². The van der Waals surface area contributed by atoms with Crippen LogP contribution in [0.2, 0.25) is 0 Å². The Kier molecular flexibility index (Phi) is 5.88. The van der Waals surface area contributed by atoms with Crippen LogP contribution in [0.25, 0.3) is 11.0 Å². The Bertz CT molecular complexity index is 1190. The van der Waals surface area contributed by atoms with Gasteiger partial charge in [-0.1, -0.05) is 60.7 Å². The van der Waals surface area contributed by atoms with Crippen LogP contribution >= 0.6 is 0 Å². The average molecular weight is 426 g/mol. The Morgan fingerprint density at radius 3 is 2.41 bits per heavy atom. The first-order chi connectivity index (χ1) is 15.8. The monoisotopic (exact) mass is 425 g/mol. The van der Waals surface area contributed by atoms with Crippen LogP contribution in [0.4, 0.5) is 0 Å². The summed E-state index contributed by atoms with van der Waals surface area (Å²) in [5.74, 6) is 2.16. The van der Waals surface area contributed by atoms with E-state index in [-0.39, 0.29) is 11.8 Å². The summed E-state index contributed by atoms with van der Waals surface area (Å²) in [6.45, 7) is 2.71. The summed E-state index contributed by atoms with van der Waals surface area (Å²) in [5.41, 5.74) is 3.32. The number of aromatic nitrogens is 2. The van der Waals surface area contributed by atoms with Gasteiger partial charge in [-0.3, -0.25) is 4.79 Å². The van der Waals surface area contributed by atoms with Gasteiger partial charge in [0.25, 0.3) is 0 Å². The van der Waals surface area contributed by atoms with E-state index in [0.29, 0.717) is 26.1 Å². The number of benzene rings is 3. The minimum Gasteiger partial charge on any atom is -0.492 e. The number of ether oxygens (including phenoxy) is 1. The zero-order valence-electron chi connectivity index (χ0n) is 18.1. The number of nitrogens with zero attached hydrogens (tertiary/aromatic N) is 3. The van der Waals surface area contributed by atoms with Gasteiger partial charge in [0.1, 0.15) is 18.2 Å². The molecule has 3 aromatic carbocycles. The first-order valence-corrected chi connectivity index (χ1v) is 11.2. The van der Waals surface area contributed by atoms with Crippen molar-refractivity contribution in [1.29, 1.82) is 0 Å². The van der Waals surface area contributed by atoms with E-state index in [0.717, 1.165) is 35.6 Å². The second-order valence-corrected chi connectivity index (χ2v) is 8.25. The highest BCUT2D eigenvalue weighted by molar-refractivity contribution is 5.81. The molecule has 5 rings (SSSR count). The van der Waals surface area contributed by atoms with Gasteiger partial charge in [0.05, 0.1) is 17.6 Å². The maximum Gasteiger partial charge on any atom is 0.223 e. The lowest BCUT2D eigenvalue weighted by atomic mass is 10.1. The number of carbonyl (C=O) groups is 1. The Morgan fingerprint density at radius 2 is 1.59 bits per heavy atom. The van der Waals surface area contributed by atoms with Gasteiger partial charge in [-0.2, -0.15) is 0 Å². The molecule has 0 aliphatic carbocycles. The SMILES string of the molecule is O=C1C[C@@H](c2nc3ccccc3n2CCOc2ccccc2)CN1CCc1ccccc1. The number of para-hydroxylation sites is 3. The molecule has 0 radical (unpaired) electrons. The molecular weight excluding hydrogens is 398 g/mol. The number of rotatable bonds is 8. The summed E-state index contributed by atoms with van der Waals surface area (Å²) in [6, 6.07) is 28.4. The van der Waals surface area contributed by atoms with Crippen LogP contribution in [0.5, 0.6) is 5.75 Å². The predicted molar refractivity (Wildman–Crippen MR) is 126 cm³/mol. The number of likely N-dealkylation sites (tertiary alicyclic amines) is 1. The Morgan fingerprint density at radius 1 is 0.875 bits per heavy atom. The van der Waals surface area contributed by atoms with Gasteiger partial charge in [-0.05, 0) is 36.2 Å². The predicted octanol–water partition coefficient (Wildman–Crippen LogP) is 4.67. The van der Waals surface area contributed by atoms with E-state index in [1.165, 1.54) is 5.56 Å². The number of hydrogen-bond donors (Lipinski definition) is 0. The number of fused-ring (bicyclic) bond motifs is 1. The molecule has 4 aromatic rings. The molecule has 1 atom stereocenters. The molecule has 1 fully saturated rings. The summed E-state index contributed by atoms with van der Waals surface area (Å²) in [6.07, 6.45) is 1.39. The Balaban J connectivity index is 1.32. The zero-order chi connectivity index (χ0) is 21.8. The Labute approximate surface area is 188 Å². The van der Waals surface area contributed by atoms with Crippen LogP contribution in [0.1, 0.15) is 23.7 Å². The van der Waals surface area contributed by atoms with E-state index in [2.05, 4.69) is 22.8 Å². The van der Waals surface area contributed by atoms with Crippen LogP contribution in [0.3, 0.4) is 0 Å². The van der Waals surface area contributed by atoms with Gasteiger partial charge in [0.2, 0.25) is 5.91 Å². The smallest absolute Gasteiger partial charge is 0.223 e. The van der Waals surface area contributed by atoms with Gasteiger partial charge < -0.3 is 14.2 Å². The van der Waals surface area contributed by atoms with E-state index in [9.17, 15) is 4.79 Å². The molecule has 32 heavy (non-hydrogen) atoms. The third-order valence-corrected chi connectivity index (χ3v) is 6.10. The van der Waals surface area contributed by atoms with Crippen molar-refractivity contribution in [2.45, 2.75) is 25.3 Å². The van der Waals surface area contributed by atoms with Crippen molar-refractivity contribution in [3.63, 3.8) is 0 Å². The largest absolute Gasteiger partial charge is 0.492 e. The number of hydrogen-bond acceptors (Lipinski definition) is 3. The van der Waals surface area contributed by atoms with Crippen LogP contribution in [-0.4, -0.2) is 40.1 Å². The molecule has 1 aliphatic heterocycles. The second-order valence-electron chi connectivity index (χ2n) is 8.25. The summed E-state index contributed by atoms with van der Waals surface area (Å²) in [5, 5.41) is 0. The standard InChI is InChI=1S/C27H27N3O2/c31-26-19-22(20-29(26)16-15-21-9-3-1-4-10-21)27-28-24-13-7-8-14-25(24)30(27)17-18-32-23-11-5-2-6-12-23/h1-14,22H,15-20H2/t22-/m1/s1. The number of carbonyl (C=O) groups excluding carboxylic acids is 1. The fourth-order valence-electron chi connectivity index (χ4n) is 4.48. The summed E-state index contributed by atoms with van der Waals surface area (Å²) < 4.78 is 8.18. The van der Waals surface area contributed by atoms with Crippen LogP contribution in [-0.2, 0) is 17.8 Å². The first kappa shape index (κ1) is 20.3. The number of imidazole rings is 1. The van der Waals surface area contributed by atoms with Crippen LogP contribution in [0.15, 0.2) is 84.9 Å². The first-order valence-electron chi connectivity index (χ1n) is 11.2. The average Bonchev–Trinajstić information content (AvgIpc) is 3.39. The summed E-state index contributed by atoms with van der Waals surface area (Å²) >= 11 is 0. The van der Waals surface area contributed by atoms with Crippen molar-refractivity contribution in [3.05, 3.63) is 96.3 Å². The van der Waals surface area contributed by atoms with Crippen LogP contribution in [0, 0.1) is 0 Å². The van der Waals surface area contributed by atoms with E-state index < -0.39 is 0 Å². The highest BCUT2D eigenvalue weighted by Gasteiger charge is 2.33. The molecule has 2 heterocycles. The highest BCUT2D eigenvalue weighted by Crippen LogP contribution is 2.30. The molecule has 1 aromatic heterocycles. The van der Waals surface area contributed by atoms with E-state index in [1.54, 1.807) is 0 Å². The lowest BCUT2D eigenvalue weighted by Gasteiger charge is -2.17. The molecule has 0 N–H and O–H groups in total. The van der Waals surface area contributed by atoms with Gasteiger partial charge >= 0.3 is 0 Å². The molecule has 5 nitrogen and oxygen atoms in total. The van der Waals surface area contributed by atoms with Crippen molar-refractivity contribution >= 4 is 16.9 Å². The quantitative estimate of drug-likeness (QED) is 0.412. The third kappa shape index (κ3) is 4.37. The molecule has 0 spiro atoms. The minimum absolute atomic E-state index is 0.0994. The zero-order valence-corrected chi connectivity index (χ0v) is 18.1. The normalized spacial score (nSPS) is 16.1. The molecule has 162 valence electrons. The maximum atomic E-state index is 12.8. The molecular formula is C27H27N3O2. The molecule has 5 heteroatoms. The fourth-order valence-corrected chi connectivity index (χ4v) is 4.48. The molecule has 1 aliphatic rings. The van der Waals surface area contributed by atoms with Crippen molar-refractivity contribution in [1.82, 2.24) is 14.5 Å². The summed E-state index contributed by atoms with van der Waals surface area (Å²) in [7, 11) is 0. The van der Waals surface area contributed by atoms with Crippen LogP contribution < -0.4 is 4.74 Å². The maximum absolute atomic E-state index is 12.8. The van der Waals surface area contributed by atoms with E-state index >= 15 is 0 Å². The molecule has 0 bridgehead atoms. The van der Waals surface area contributed by atoms with Crippen molar-refractivity contribution in [2.24, 2.45) is 0 Å². The van der Waals surface area contributed by atoms with Gasteiger partial charge in [-0.25, -0.2) is 4.98 Å². The second kappa shape index (κ2) is 9.27. The van der Waals surface area contributed by atoms with Crippen molar-refractivity contribution in [3.8, 4) is 5.75 Å². The molecule has 0 saturated carbocycles. The van der Waals surface area contributed by atoms with Gasteiger partial charge in [0.15, 0.2) is 0 Å². The Hall–Kier alpha value is -3.60. The molecule has 0 unspecified atom stereocenters. The van der Waals surface area contributed by atoms with Gasteiger partial charge in [-0.15, -0.1) is 0 Å². The number of amides is 1. The van der Waals surface area contributed by atoms with Crippen molar-refractivity contribution < 1.29 is 9.53 Å². The van der Waals surface area contributed by atoms with Gasteiger partial charge in [0, 0.05) is 25.4 Å². The minimum atomic E-state index is 0.0994. The highest BCUT2D eigenvalue weighted by atomic mass is 16.5. The van der Waals surface area contributed by atoms with Crippen molar-refractivity contribution in [2.75, 3.05) is 19.7 Å². The lowest BCUT2D eigenvalue weighted by molar-refractivity contribution is -0.127. The molecule has 1 amide bonds. The summed E-state index contributed by atoms with van der Waals surface area (Å²) in [4.78, 5) is 19.7. The topological polar surface area (TPSA) is 47.4 Å². The third-order valence-electron chi connectivity index (χ3n) is 6.10. The fraction of sp³-hybridized carbons (Fsp3) is 0.259. The van der Waals surface area contributed by atoms with E-state index in [1.807, 2.05) is 71.6 Å². The lowest BCUT2D eigenvalue weighted by Crippen LogP contribution is -2.27. The molecule has 1 saturated heterocycles.